The van der Waals surface area contributed by atoms with Crippen LogP contribution in [0.15, 0.2) is 24.3 Å². The fraction of sp³-hybridized carbons (Fsp3) is 0.647. The molecule has 0 heterocycles. The smallest absolute Gasteiger partial charge is 0.0136 e. The van der Waals surface area contributed by atoms with Crippen molar-refractivity contribution in [2.75, 3.05) is 7.05 Å². The van der Waals surface area contributed by atoms with E-state index in [1.807, 2.05) is 0 Å². The first kappa shape index (κ1) is 12.2. The van der Waals surface area contributed by atoms with Gasteiger partial charge in [-0.3, -0.25) is 0 Å². The summed E-state index contributed by atoms with van der Waals surface area (Å²) in [6.07, 6.45) is 7.18. The number of benzene rings is 1. The molecular weight excluding hydrogens is 218 g/mol. The minimum Gasteiger partial charge on any atom is -0.316 e. The highest BCUT2D eigenvalue weighted by atomic mass is 14.9. The van der Waals surface area contributed by atoms with E-state index in [1.165, 1.54) is 43.2 Å². The van der Waals surface area contributed by atoms with Gasteiger partial charge in [-0.1, -0.05) is 30.7 Å². The molecule has 0 saturated heterocycles. The number of fused-ring (bicyclic) bond motifs is 2. The molecule has 0 aliphatic heterocycles. The molecule has 0 amide bonds. The van der Waals surface area contributed by atoms with Crippen molar-refractivity contribution in [3.05, 3.63) is 35.4 Å². The van der Waals surface area contributed by atoms with Crippen molar-refractivity contribution in [1.82, 2.24) is 5.32 Å². The number of likely N-dealkylation sites (N-methyl/N-ethyl adjacent to an activating group) is 1. The Kier molecular flexibility index (Phi) is 3.43. The molecule has 4 unspecified atom stereocenters. The van der Waals surface area contributed by atoms with Gasteiger partial charge in [-0.2, -0.15) is 0 Å². The Labute approximate surface area is 111 Å². The zero-order valence-electron chi connectivity index (χ0n) is 11.7. The first-order valence-corrected chi connectivity index (χ1v) is 7.49. The van der Waals surface area contributed by atoms with Crippen LogP contribution in [0.3, 0.4) is 0 Å². The summed E-state index contributed by atoms with van der Waals surface area (Å²) in [4.78, 5) is 0. The Hall–Kier alpha value is -0.820. The Morgan fingerprint density at radius 3 is 2.67 bits per heavy atom. The van der Waals surface area contributed by atoms with E-state index < -0.39 is 0 Å². The van der Waals surface area contributed by atoms with Gasteiger partial charge >= 0.3 is 0 Å². The zero-order valence-corrected chi connectivity index (χ0v) is 11.7. The van der Waals surface area contributed by atoms with Gasteiger partial charge in [-0.05, 0) is 68.5 Å². The highest BCUT2D eigenvalue weighted by molar-refractivity contribution is 5.26. The van der Waals surface area contributed by atoms with E-state index in [9.17, 15) is 0 Å². The lowest BCUT2D eigenvalue weighted by Gasteiger charge is -2.30. The molecule has 2 aliphatic rings. The van der Waals surface area contributed by atoms with Gasteiger partial charge in [0.15, 0.2) is 0 Å². The third-order valence-corrected chi connectivity index (χ3v) is 5.38. The lowest BCUT2D eigenvalue weighted by atomic mass is 9.80. The van der Waals surface area contributed by atoms with Crippen LogP contribution in [0.25, 0.3) is 0 Å². The van der Waals surface area contributed by atoms with Gasteiger partial charge in [-0.15, -0.1) is 0 Å². The van der Waals surface area contributed by atoms with E-state index in [0.29, 0.717) is 6.04 Å². The molecule has 4 atom stereocenters. The molecule has 98 valence electrons. The summed E-state index contributed by atoms with van der Waals surface area (Å²) in [6, 6.07) is 9.54. The van der Waals surface area contributed by atoms with Crippen LogP contribution in [0.5, 0.6) is 0 Å². The minimum absolute atomic E-state index is 0.682. The maximum atomic E-state index is 3.60. The van der Waals surface area contributed by atoms with E-state index in [2.05, 4.69) is 43.6 Å². The monoisotopic (exact) mass is 243 g/mol. The minimum atomic E-state index is 0.682. The van der Waals surface area contributed by atoms with Gasteiger partial charge in [-0.25, -0.2) is 0 Å². The molecule has 2 aliphatic carbocycles. The molecule has 2 bridgehead atoms. The van der Waals surface area contributed by atoms with Crippen molar-refractivity contribution in [2.24, 2.45) is 17.8 Å². The highest BCUT2D eigenvalue weighted by Gasteiger charge is 2.42. The normalized spacial score (nSPS) is 31.8. The van der Waals surface area contributed by atoms with Gasteiger partial charge in [0.25, 0.3) is 0 Å². The second-order valence-corrected chi connectivity index (χ2v) is 6.36. The maximum Gasteiger partial charge on any atom is 0.0136 e. The number of hydrogen-bond acceptors (Lipinski definition) is 1. The average molecular weight is 243 g/mol. The van der Waals surface area contributed by atoms with Crippen molar-refractivity contribution >= 4 is 0 Å². The molecule has 1 aromatic carbocycles. The van der Waals surface area contributed by atoms with Crippen LogP contribution < -0.4 is 5.32 Å². The Morgan fingerprint density at radius 2 is 2.06 bits per heavy atom. The molecule has 18 heavy (non-hydrogen) atoms. The standard InChI is InChI=1S/C17H25N/c1-12-5-3-4-6-14(12)11-17(18-2)16-10-13-7-8-15(16)9-13/h3-6,13,15-18H,7-11H2,1-2H3. The molecule has 3 rings (SSSR count). The number of aryl methyl sites for hydroxylation is 1. The van der Waals surface area contributed by atoms with Crippen molar-refractivity contribution in [3.8, 4) is 0 Å². The van der Waals surface area contributed by atoms with E-state index in [0.717, 1.165) is 17.8 Å². The van der Waals surface area contributed by atoms with Gasteiger partial charge in [0, 0.05) is 6.04 Å². The zero-order chi connectivity index (χ0) is 12.5. The van der Waals surface area contributed by atoms with Crippen LogP contribution in [0.2, 0.25) is 0 Å². The summed E-state index contributed by atoms with van der Waals surface area (Å²) >= 11 is 0. The van der Waals surface area contributed by atoms with Crippen LogP contribution in [-0.2, 0) is 6.42 Å². The van der Waals surface area contributed by atoms with E-state index in [1.54, 1.807) is 0 Å². The summed E-state index contributed by atoms with van der Waals surface area (Å²) < 4.78 is 0. The quantitative estimate of drug-likeness (QED) is 0.852. The fourth-order valence-electron chi connectivity index (χ4n) is 4.33. The molecule has 1 N–H and O–H groups in total. The molecule has 1 aromatic rings. The fourth-order valence-corrected chi connectivity index (χ4v) is 4.33. The molecular formula is C17H25N. The van der Waals surface area contributed by atoms with Gasteiger partial charge < -0.3 is 5.32 Å². The predicted octanol–water partition coefficient (Wildman–Crippen LogP) is 3.56. The van der Waals surface area contributed by atoms with Gasteiger partial charge in [0.1, 0.15) is 0 Å². The number of rotatable bonds is 4. The SMILES string of the molecule is CNC(Cc1ccccc1C)C1CC2CCC1C2. The first-order chi connectivity index (χ1) is 8.78. The van der Waals surface area contributed by atoms with Crippen molar-refractivity contribution in [2.45, 2.75) is 45.1 Å². The Morgan fingerprint density at radius 1 is 1.22 bits per heavy atom. The van der Waals surface area contributed by atoms with Crippen LogP contribution >= 0.6 is 0 Å². The molecule has 0 spiro atoms. The summed E-state index contributed by atoms with van der Waals surface area (Å²) in [5, 5.41) is 3.60. The van der Waals surface area contributed by atoms with Crippen LogP contribution in [0, 0.1) is 24.7 Å². The first-order valence-electron chi connectivity index (χ1n) is 7.49. The second kappa shape index (κ2) is 5.05. The highest BCUT2D eigenvalue weighted by Crippen LogP contribution is 2.49. The number of nitrogens with one attached hydrogen (secondary N) is 1. The maximum absolute atomic E-state index is 3.60. The summed E-state index contributed by atoms with van der Waals surface area (Å²) in [5.74, 6) is 2.98. The molecule has 0 radical (unpaired) electrons. The lowest BCUT2D eigenvalue weighted by molar-refractivity contribution is 0.255. The van der Waals surface area contributed by atoms with Gasteiger partial charge in [0.2, 0.25) is 0 Å². The van der Waals surface area contributed by atoms with Crippen molar-refractivity contribution < 1.29 is 0 Å². The van der Waals surface area contributed by atoms with E-state index in [-0.39, 0.29) is 0 Å². The topological polar surface area (TPSA) is 12.0 Å². The molecule has 1 heteroatoms. The summed E-state index contributed by atoms with van der Waals surface area (Å²) in [7, 11) is 2.15. The molecule has 2 saturated carbocycles. The molecule has 2 fully saturated rings. The number of hydrogen-bond donors (Lipinski definition) is 1. The van der Waals surface area contributed by atoms with Crippen molar-refractivity contribution in [1.29, 1.82) is 0 Å². The van der Waals surface area contributed by atoms with Crippen molar-refractivity contribution in [3.63, 3.8) is 0 Å². The van der Waals surface area contributed by atoms with E-state index in [4.69, 9.17) is 0 Å². The van der Waals surface area contributed by atoms with Crippen LogP contribution in [-0.4, -0.2) is 13.1 Å². The second-order valence-electron chi connectivity index (χ2n) is 6.36. The molecule has 1 nitrogen and oxygen atoms in total. The Bertz CT molecular complexity index is 412. The van der Waals surface area contributed by atoms with Crippen LogP contribution in [0.4, 0.5) is 0 Å². The third-order valence-electron chi connectivity index (χ3n) is 5.38. The lowest BCUT2D eigenvalue weighted by Crippen LogP contribution is -2.38. The Balaban J connectivity index is 1.72. The van der Waals surface area contributed by atoms with E-state index >= 15 is 0 Å². The predicted molar refractivity (Wildman–Crippen MR) is 76.7 cm³/mol. The summed E-state index contributed by atoms with van der Waals surface area (Å²) in [5.41, 5.74) is 2.97. The third kappa shape index (κ3) is 2.21. The van der Waals surface area contributed by atoms with Crippen LogP contribution in [0.1, 0.15) is 36.8 Å². The summed E-state index contributed by atoms with van der Waals surface area (Å²) in [6.45, 7) is 2.24. The average Bonchev–Trinajstić information content (AvgIpc) is 3.00. The largest absolute Gasteiger partial charge is 0.316 e. The molecule has 0 aromatic heterocycles. The van der Waals surface area contributed by atoms with Gasteiger partial charge in [0.05, 0.1) is 0 Å².